The van der Waals surface area contributed by atoms with E-state index in [1.54, 1.807) is 44.9 Å². The molecule has 8 heteroatoms. The molecular weight excluding hydrogens is 435 g/mol. The first kappa shape index (κ1) is 21.6. The first-order chi connectivity index (χ1) is 16.5. The van der Waals surface area contributed by atoms with Crippen LogP contribution in [0.2, 0.25) is 0 Å². The highest BCUT2D eigenvalue weighted by atomic mass is 19.1. The Hall–Kier alpha value is -4.20. The molecule has 5 rings (SSSR count). The summed E-state index contributed by atoms with van der Waals surface area (Å²) < 4.78 is 20.2. The maximum absolute atomic E-state index is 13.6. The monoisotopic (exact) mass is 458 g/mol. The number of hydrogen-bond acceptors (Lipinski definition) is 4. The number of aromatic nitrogens is 2. The van der Waals surface area contributed by atoms with E-state index in [1.807, 2.05) is 31.2 Å². The van der Waals surface area contributed by atoms with Crippen LogP contribution in [0, 0.1) is 12.7 Å². The Morgan fingerprint density at radius 1 is 0.912 bits per heavy atom. The number of aryl methyl sites for hydroxylation is 1. The van der Waals surface area contributed by atoms with Crippen molar-refractivity contribution in [2.45, 2.75) is 6.92 Å². The van der Waals surface area contributed by atoms with E-state index in [2.05, 4.69) is 5.10 Å². The lowest BCUT2D eigenvalue weighted by molar-refractivity contribution is 0.0518. The molecule has 0 spiro atoms. The standard InChI is InChI=1S/C26H23FN4O3/c1-18-4-2-5-19(16-18)24-22(17-31(28-24)21-9-7-20(27)8-10-21)25(32)29-11-13-30(14-12-29)26(33)23-6-3-15-34-23/h2-10,15-17H,11-14H2,1H3. The molecule has 1 saturated heterocycles. The molecule has 3 heterocycles. The zero-order valence-electron chi connectivity index (χ0n) is 18.6. The Bertz CT molecular complexity index is 1320. The second-order valence-corrected chi connectivity index (χ2v) is 8.24. The normalized spacial score (nSPS) is 13.8. The van der Waals surface area contributed by atoms with Gasteiger partial charge in [-0.05, 0) is 49.4 Å². The number of amides is 2. The summed E-state index contributed by atoms with van der Waals surface area (Å²) in [6, 6.07) is 17.1. The minimum Gasteiger partial charge on any atom is -0.459 e. The fourth-order valence-electron chi connectivity index (χ4n) is 4.10. The fraction of sp³-hybridized carbons (Fsp3) is 0.192. The van der Waals surface area contributed by atoms with Crippen molar-refractivity contribution in [3.63, 3.8) is 0 Å². The van der Waals surface area contributed by atoms with Crippen LogP contribution in [0.15, 0.2) is 77.5 Å². The van der Waals surface area contributed by atoms with Gasteiger partial charge in [0.15, 0.2) is 5.76 Å². The van der Waals surface area contributed by atoms with E-state index in [4.69, 9.17) is 4.42 Å². The molecule has 0 N–H and O–H groups in total. The zero-order chi connectivity index (χ0) is 23.7. The van der Waals surface area contributed by atoms with E-state index in [0.29, 0.717) is 48.9 Å². The summed E-state index contributed by atoms with van der Waals surface area (Å²) in [6.07, 6.45) is 3.16. The van der Waals surface area contributed by atoms with Gasteiger partial charge in [-0.25, -0.2) is 9.07 Å². The molecule has 0 aliphatic carbocycles. The first-order valence-corrected chi connectivity index (χ1v) is 11.0. The largest absolute Gasteiger partial charge is 0.459 e. The van der Waals surface area contributed by atoms with Gasteiger partial charge in [0.1, 0.15) is 11.5 Å². The van der Waals surface area contributed by atoms with Crippen molar-refractivity contribution in [1.82, 2.24) is 19.6 Å². The Morgan fingerprint density at radius 3 is 2.26 bits per heavy atom. The highest BCUT2D eigenvalue weighted by Crippen LogP contribution is 2.26. The number of furan rings is 1. The number of halogens is 1. The maximum Gasteiger partial charge on any atom is 0.289 e. The summed E-state index contributed by atoms with van der Waals surface area (Å²) in [5.41, 5.74) is 3.56. The summed E-state index contributed by atoms with van der Waals surface area (Å²) in [6.45, 7) is 3.62. The van der Waals surface area contributed by atoms with E-state index < -0.39 is 0 Å². The van der Waals surface area contributed by atoms with Gasteiger partial charge in [-0.3, -0.25) is 9.59 Å². The minimum atomic E-state index is -0.340. The van der Waals surface area contributed by atoms with Gasteiger partial charge in [0.2, 0.25) is 0 Å². The molecule has 0 bridgehead atoms. The number of carbonyl (C=O) groups excluding carboxylic acids is 2. The van der Waals surface area contributed by atoms with Gasteiger partial charge in [-0.15, -0.1) is 0 Å². The van der Waals surface area contributed by atoms with E-state index in [9.17, 15) is 14.0 Å². The lowest BCUT2D eigenvalue weighted by atomic mass is 10.0. The number of carbonyl (C=O) groups is 2. The third kappa shape index (κ3) is 4.22. The van der Waals surface area contributed by atoms with Crippen molar-refractivity contribution in [3.05, 3.63) is 95.8 Å². The second kappa shape index (κ2) is 8.97. The fourth-order valence-corrected chi connectivity index (χ4v) is 4.10. The van der Waals surface area contributed by atoms with Gasteiger partial charge in [0.25, 0.3) is 11.8 Å². The van der Waals surface area contributed by atoms with Gasteiger partial charge in [-0.2, -0.15) is 5.10 Å². The smallest absolute Gasteiger partial charge is 0.289 e. The van der Waals surface area contributed by atoms with E-state index in [1.165, 1.54) is 18.4 Å². The number of benzene rings is 2. The lowest BCUT2D eigenvalue weighted by Crippen LogP contribution is -2.50. The molecule has 2 aromatic heterocycles. The summed E-state index contributed by atoms with van der Waals surface area (Å²) in [4.78, 5) is 29.5. The molecule has 1 fully saturated rings. The van der Waals surface area contributed by atoms with Gasteiger partial charge < -0.3 is 14.2 Å². The molecule has 4 aromatic rings. The topological polar surface area (TPSA) is 71.6 Å². The van der Waals surface area contributed by atoms with Crippen LogP contribution in [0.3, 0.4) is 0 Å². The average Bonchev–Trinajstić information content (AvgIpc) is 3.55. The third-order valence-corrected chi connectivity index (χ3v) is 5.91. The van der Waals surface area contributed by atoms with Crippen LogP contribution in [0.1, 0.15) is 26.5 Å². The molecule has 0 atom stereocenters. The van der Waals surface area contributed by atoms with Crippen molar-refractivity contribution in [1.29, 1.82) is 0 Å². The van der Waals surface area contributed by atoms with Gasteiger partial charge in [-0.1, -0.05) is 23.8 Å². The van der Waals surface area contributed by atoms with Crippen LogP contribution in [0.4, 0.5) is 4.39 Å². The third-order valence-electron chi connectivity index (χ3n) is 5.91. The van der Waals surface area contributed by atoms with Crippen LogP contribution >= 0.6 is 0 Å². The highest BCUT2D eigenvalue weighted by Gasteiger charge is 2.29. The van der Waals surface area contributed by atoms with Crippen molar-refractivity contribution >= 4 is 11.8 Å². The van der Waals surface area contributed by atoms with Crippen LogP contribution in [-0.4, -0.2) is 57.6 Å². The summed E-state index contributed by atoms with van der Waals surface area (Å²) >= 11 is 0. The maximum atomic E-state index is 13.6. The highest BCUT2D eigenvalue weighted by molar-refractivity contribution is 6.00. The van der Waals surface area contributed by atoms with Crippen molar-refractivity contribution in [2.24, 2.45) is 0 Å². The summed E-state index contributed by atoms with van der Waals surface area (Å²) in [7, 11) is 0. The number of nitrogens with zero attached hydrogens (tertiary/aromatic N) is 4. The Kier molecular flexibility index (Phi) is 5.71. The molecule has 2 aromatic carbocycles. The first-order valence-electron chi connectivity index (χ1n) is 11.0. The molecule has 2 amide bonds. The Labute approximate surface area is 196 Å². The van der Waals surface area contributed by atoms with Crippen LogP contribution in [0.5, 0.6) is 0 Å². The molecular formula is C26H23FN4O3. The van der Waals surface area contributed by atoms with Gasteiger partial charge in [0, 0.05) is 37.9 Å². The van der Waals surface area contributed by atoms with Crippen LogP contribution in [0.25, 0.3) is 16.9 Å². The molecule has 34 heavy (non-hydrogen) atoms. The zero-order valence-corrected chi connectivity index (χ0v) is 18.6. The number of hydrogen-bond donors (Lipinski definition) is 0. The van der Waals surface area contributed by atoms with E-state index >= 15 is 0 Å². The molecule has 0 radical (unpaired) electrons. The Balaban J connectivity index is 1.42. The van der Waals surface area contributed by atoms with Gasteiger partial charge >= 0.3 is 0 Å². The second-order valence-electron chi connectivity index (χ2n) is 8.24. The molecule has 1 aliphatic rings. The van der Waals surface area contributed by atoms with Crippen molar-refractivity contribution in [2.75, 3.05) is 26.2 Å². The molecule has 1 aliphatic heterocycles. The average molecular weight is 458 g/mol. The number of piperazine rings is 1. The molecule has 172 valence electrons. The Morgan fingerprint density at radius 2 is 1.62 bits per heavy atom. The SMILES string of the molecule is Cc1cccc(-c2nn(-c3ccc(F)cc3)cc2C(=O)N2CCN(C(=O)c3ccco3)CC2)c1. The van der Waals surface area contributed by atoms with Crippen molar-refractivity contribution < 1.29 is 18.4 Å². The summed E-state index contributed by atoms with van der Waals surface area (Å²) in [5.74, 6) is -0.383. The van der Waals surface area contributed by atoms with Crippen LogP contribution in [-0.2, 0) is 0 Å². The quantitative estimate of drug-likeness (QED) is 0.460. The van der Waals surface area contributed by atoms with E-state index in [-0.39, 0.29) is 17.6 Å². The van der Waals surface area contributed by atoms with Gasteiger partial charge in [0.05, 0.1) is 17.5 Å². The van der Waals surface area contributed by atoms with Crippen LogP contribution < -0.4 is 0 Å². The molecule has 7 nitrogen and oxygen atoms in total. The molecule has 0 saturated carbocycles. The van der Waals surface area contributed by atoms with Crippen molar-refractivity contribution in [3.8, 4) is 16.9 Å². The predicted molar refractivity (Wildman–Crippen MR) is 124 cm³/mol. The minimum absolute atomic E-state index is 0.157. The van der Waals surface area contributed by atoms with E-state index in [0.717, 1.165) is 11.1 Å². The predicted octanol–water partition coefficient (Wildman–Crippen LogP) is 4.18. The number of rotatable bonds is 4. The molecule has 0 unspecified atom stereocenters. The summed E-state index contributed by atoms with van der Waals surface area (Å²) in [5, 5.41) is 4.68. The lowest BCUT2D eigenvalue weighted by Gasteiger charge is -2.34.